The highest BCUT2D eigenvalue weighted by atomic mass is 32.2. The summed E-state index contributed by atoms with van der Waals surface area (Å²) in [5.41, 5.74) is 5.41. The molecule has 2 heterocycles. The average molecular weight is 216 g/mol. The number of anilines is 2. The van der Waals surface area contributed by atoms with Gasteiger partial charge in [0.15, 0.2) is 0 Å². The zero-order valence-corrected chi connectivity index (χ0v) is 8.83. The number of nitrogen functional groups attached to an aromatic ring is 1. The molecule has 1 atom stereocenters. The molecule has 1 unspecified atom stereocenters. The molecule has 6 heteroatoms. The second-order valence-electron chi connectivity index (χ2n) is 2.97. The van der Waals surface area contributed by atoms with Crippen LogP contribution in [0.1, 0.15) is 12.8 Å². The summed E-state index contributed by atoms with van der Waals surface area (Å²) >= 11 is 3.36. The molecule has 1 aliphatic heterocycles. The fourth-order valence-electron chi connectivity index (χ4n) is 1.31. The number of hydrogen-bond acceptors (Lipinski definition) is 6. The highest BCUT2D eigenvalue weighted by Gasteiger charge is 2.15. The van der Waals surface area contributed by atoms with Gasteiger partial charge in [0.25, 0.3) is 0 Å². The molecular weight excluding hydrogens is 204 g/mol. The molecule has 0 amide bonds. The fourth-order valence-corrected chi connectivity index (χ4v) is 3.02. The zero-order chi connectivity index (χ0) is 9.10. The third-order valence-electron chi connectivity index (χ3n) is 1.95. The minimum atomic E-state index is 0.367. The maximum Gasteiger partial charge on any atom is 0.233 e. The van der Waals surface area contributed by atoms with Crippen molar-refractivity contribution in [2.24, 2.45) is 0 Å². The first-order chi connectivity index (χ1) is 6.34. The van der Waals surface area contributed by atoms with Crippen LogP contribution in [0.25, 0.3) is 0 Å². The van der Waals surface area contributed by atoms with Gasteiger partial charge in [-0.2, -0.15) is 21.1 Å². The molecule has 0 aliphatic carbocycles. The van der Waals surface area contributed by atoms with Gasteiger partial charge in [0.1, 0.15) is 0 Å². The lowest BCUT2D eigenvalue weighted by molar-refractivity contribution is 0.805. The van der Waals surface area contributed by atoms with Crippen LogP contribution in [0.3, 0.4) is 0 Å². The van der Waals surface area contributed by atoms with Crippen molar-refractivity contribution >= 4 is 34.4 Å². The van der Waals surface area contributed by atoms with E-state index in [-0.39, 0.29) is 0 Å². The minimum Gasteiger partial charge on any atom is -0.367 e. The molecule has 0 spiro atoms. The molecule has 72 valence electrons. The van der Waals surface area contributed by atoms with Gasteiger partial charge in [-0.1, -0.05) is 0 Å². The van der Waals surface area contributed by atoms with Crippen LogP contribution in [-0.4, -0.2) is 26.9 Å². The Hall–Kier alpha value is -0.490. The van der Waals surface area contributed by atoms with Crippen LogP contribution in [0.5, 0.6) is 0 Å². The van der Waals surface area contributed by atoms with Crippen molar-refractivity contribution in [2.45, 2.75) is 18.1 Å². The Kier molecular flexibility index (Phi) is 2.90. The van der Waals surface area contributed by atoms with E-state index in [2.05, 4.69) is 14.7 Å². The number of nitrogens with zero attached hydrogens (tertiary/aromatic N) is 2. The molecular formula is C7H12N4S2. The first kappa shape index (κ1) is 9.08. The van der Waals surface area contributed by atoms with Crippen LogP contribution >= 0.6 is 23.3 Å². The van der Waals surface area contributed by atoms with E-state index in [1.807, 2.05) is 11.8 Å². The summed E-state index contributed by atoms with van der Waals surface area (Å²) in [5.74, 6) is 1.66. The Labute approximate surface area is 85.5 Å². The molecule has 1 aromatic rings. The fraction of sp³-hybridized carbons (Fsp3) is 0.714. The summed E-state index contributed by atoms with van der Waals surface area (Å²) in [6.07, 6.45) is 2.65. The standard InChI is InChI=1S/C7H12N4S2/c8-6-10-7(13-11-6)9-4-5-2-1-3-12-5/h5H,1-4H2,(H3,8,9,10,11). The van der Waals surface area contributed by atoms with E-state index in [4.69, 9.17) is 5.73 Å². The van der Waals surface area contributed by atoms with E-state index < -0.39 is 0 Å². The zero-order valence-electron chi connectivity index (χ0n) is 7.19. The maximum atomic E-state index is 5.41. The van der Waals surface area contributed by atoms with E-state index >= 15 is 0 Å². The van der Waals surface area contributed by atoms with Gasteiger partial charge in [-0.15, -0.1) is 0 Å². The van der Waals surface area contributed by atoms with Crippen molar-refractivity contribution < 1.29 is 0 Å². The topological polar surface area (TPSA) is 63.8 Å². The quantitative estimate of drug-likeness (QED) is 0.800. The summed E-state index contributed by atoms with van der Waals surface area (Å²) in [6.45, 7) is 0.985. The van der Waals surface area contributed by atoms with Crippen LogP contribution in [-0.2, 0) is 0 Å². The summed E-state index contributed by atoms with van der Waals surface area (Å²) in [6, 6.07) is 0. The molecule has 4 nitrogen and oxygen atoms in total. The van der Waals surface area contributed by atoms with E-state index in [9.17, 15) is 0 Å². The average Bonchev–Trinajstić information content (AvgIpc) is 2.71. The molecule has 0 bridgehead atoms. The van der Waals surface area contributed by atoms with Gasteiger partial charge >= 0.3 is 0 Å². The molecule has 0 saturated carbocycles. The van der Waals surface area contributed by atoms with Crippen LogP contribution in [0.4, 0.5) is 11.1 Å². The van der Waals surface area contributed by atoms with E-state index in [1.165, 1.54) is 30.1 Å². The predicted octanol–water partition coefficient (Wildman–Crippen LogP) is 1.43. The number of aromatic nitrogens is 2. The molecule has 1 aliphatic rings. The van der Waals surface area contributed by atoms with Gasteiger partial charge < -0.3 is 11.1 Å². The van der Waals surface area contributed by atoms with E-state index in [1.54, 1.807) is 0 Å². The lowest BCUT2D eigenvalue weighted by Crippen LogP contribution is -2.13. The van der Waals surface area contributed by atoms with Gasteiger partial charge in [0, 0.05) is 23.3 Å². The molecule has 13 heavy (non-hydrogen) atoms. The van der Waals surface area contributed by atoms with Gasteiger partial charge in [-0.05, 0) is 18.6 Å². The number of nitrogens with one attached hydrogen (secondary N) is 1. The van der Waals surface area contributed by atoms with Crippen LogP contribution < -0.4 is 11.1 Å². The highest BCUT2D eigenvalue weighted by Crippen LogP contribution is 2.26. The SMILES string of the molecule is Nc1nsc(NCC2CCCS2)n1. The van der Waals surface area contributed by atoms with Crippen molar-refractivity contribution in [1.82, 2.24) is 9.36 Å². The lowest BCUT2D eigenvalue weighted by atomic mass is 10.2. The summed E-state index contributed by atoms with van der Waals surface area (Å²) in [4.78, 5) is 4.04. The smallest absolute Gasteiger partial charge is 0.233 e. The second-order valence-corrected chi connectivity index (χ2v) is 5.13. The number of thioether (sulfide) groups is 1. The van der Waals surface area contributed by atoms with Gasteiger partial charge in [0.2, 0.25) is 11.1 Å². The predicted molar refractivity (Wildman–Crippen MR) is 58.3 cm³/mol. The van der Waals surface area contributed by atoms with Crippen LogP contribution in [0.2, 0.25) is 0 Å². The minimum absolute atomic E-state index is 0.367. The van der Waals surface area contributed by atoms with Crippen molar-refractivity contribution in [1.29, 1.82) is 0 Å². The highest BCUT2D eigenvalue weighted by molar-refractivity contribution is 8.00. The van der Waals surface area contributed by atoms with Crippen molar-refractivity contribution in [3.63, 3.8) is 0 Å². The van der Waals surface area contributed by atoms with Crippen molar-refractivity contribution in [3.05, 3.63) is 0 Å². The maximum absolute atomic E-state index is 5.41. The monoisotopic (exact) mass is 216 g/mol. The van der Waals surface area contributed by atoms with Gasteiger partial charge in [0.05, 0.1) is 0 Å². The van der Waals surface area contributed by atoms with Crippen molar-refractivity contribution in [3.8, 4) is 0 Å². The Morgan fingerprint density at radius 2 is 2.54 bits per heavy atom. The second kappa shape index (κ2) is 4.15. The summed E-state index contributed by atoms with van der Waals surface area (Å²) in [5, 5.41) is 4.83. The van der Waals surface area contributed by atoms with Crippen LogP contribution in [0, 0.1) is 0 Å². The molecule has 0 radical (unpaired) electrons. The Morgan fingerprint density at radius 3 is 3.15 bits per heavy atom. The first-order valence-corrected chi connectivity index (χ1v) is 6.11. The largest absolute Gasteiger partial charge is 0.367 e. The van der Waals surface area contributed by atoms with Gasteiger partial charge in [-0.3, -0.25) is 0 Å². The molecule has 3 N–H and O–H groups in total. The third-order valence-corrected chi connectivity index (χ3v) is 4.03. The molecule has 2 rings (SSSR count). The van der Waals surface area contributed by atoms with E-state index in [0.717, 1.165) is 16.9 Å². The Morgan fingerprint density at radius 1 is 1.62 bits per heavy atom. The number of nitrogens with two attached hydrogens (primary N) is 1. The molecule has 1 saturated heterocycles. The number of rotatable bonds is 3. The molecule has 1 aromatic heterocycles. The summed E-state index contributed by atoms with van der Waals surface area (Å²) in [7, 11) is 0. The Balaban J connectivity index is 1.78. The normalized spacial score (nSPS) is 22.0. The number of hydrogen-bond donors (Lipinski definition) is 2. The first-order valence-electron chi connectivity index (χ1n) is 4.29. The summed E-state index contributed by atoms with van der Waals surface area (Å²) < 4.78 is 3.90. The van der Waals surface area contributed by atoms with Crippen molar-refractivity contribution in [2.75, 3.05) is 23.3 Å². The third kappa shape index (κ3) is 2.47. The van der Waals surface area contributed by atoms with Gasteiger partial charge in [-0.25, -0.2) is 0 Å². The molecule has 0 aromatic carbocycles. The lowest BCUT2D eigenvalue weighted by Gasteiger charge is -2.07. The molecule has 1 fully saturated rings. The Bertz CT molecular complexity index is 269. The van der Waals surface area contributed by atoms with Crippen LogP contribution in [0.15, 0.2) is 0 Å². The van der Waals surface area contributed by atoms with E-state index in [0.29, 0.717) is 5.95 Å².